The van der Waals surface area contributed by atoms with Crippen molar-refractivity contribution in [3.05, 3.63) is 11.9 Å². The summed E-state index contributed by atoms with van der Waals surface area (Å²) < 4.78 is 0. The summed E-state index contributed by atoms with van der Waals surface area (Å²) in [5, 5.41) is 3.27. The monoisotopic (exact) mass is 277 g/mol. The minimum Gasteiger partial charge on any atom is -0.370 e. The van der Waals surface area contributed by atoms with Crippen LogP contribution in [0.5, 0.6) is 0 Å². The van der Waals surface area contributed by atoms with Crippen LogP contribution in [0.1, 0.15) is 32.3 Å². The summed E-state index contributed by atoms with van der Waals surface area (Å²) in [5.74, 6) is 1.53. The van der Waals surface area contributed by atoms with Gasteiger partial charge in [-0.25, -0.2) is 9.97 Å². The molecule has 0 aliphatic carbocycles. The van der Waals surface area contributed by atoms with Crippen molar-refractivity contribution in [2.24, 2.45) is 11.7 Å². The molecule has 0 bridgehead atoms. The molecule has 0 radical (unpaired) electrons. The molecule has 1 atom stereocenters. The van der Waals surface area contributed by atoms with Crippen molar-refractivity contribution in [1.82, 2.24) is 9.97 Å². The van der Waals surface area contributed by atoms with E-state index in [1.165, 1.54) is 0 Å². The molecule has 6 heteroatoms. The van der Waals surface area contributed by atoms with Gasteiger partial charge in [-0.1, -0.05) is 6.92 Å². The second-order valence-corrected chi connectivity index (χ2v) is 5.10. The van der Waals surface area contributed by atoms with Gasteiger partial charge in [0, 0.05) is 25.2 Å². The SMILES string of the molecule is CCNc1ncnc(N2CCCC(C(N)=O)C2)c1CC. The predicted octanol–water partition coefficient (Wildman–Crippen LogP) is 1.17. The predicted molar refractivity (Wildman–Crippen MR) is 79.7 cm³/mol. The van der Waals surface area contributed by atoms with Crippen molar-refractivity contribution >= 4 is 17.5 Å². The first-order valence-corrected chi connectivity index (χ1v) is 7.29. The Hall–Kier alpha value is -1.85. The summed E-state index contributed by atoms with van der Waals surface area (Å²) in [6, 6.07) is 0. The van der Waals surface area contributed by atoms with Crippen LogP contribution in [-0.4, -0.2) is 35.5 Å². The minimum absolute atomic E-state index is 0.0778. The maximum absolute atomic E-state index is 11.4. The van der Waals surface area contributed by atoms with Crippen LogP contribution in [0.2, 0.25) is 0 Å². The number of anilines is 2. The number of nitrogens with one attached hydrogen (secondary N) is 1. The highest BCUT2D eigenvalue weighted by Crippen LogP contribution is 2.28. The normalized spacial score (nSPS) is 18.9. The molecule has 1 aromatic heterocycles. The number of amides is 1. The van der Waals surface area contributed by atoms with Gasteiger partial charge in [0.05, 0.1) is 5.92 Å². The van der Waals surface area contributed by atoms with Gasteiger partial charge in [0.25, 0.3) is 0 Å². The van der Waals surface area contributed by atoms with Crippen LogP contribution >= 0.6 is 0 Å². The number of piperidine rings is 1. The molecule has 3 N–H and O–H groups in total. The molecule has 1 aliphatic heterocycles. The lowest BCUT2D eigenvalue weighted by molar-refractivity contribution is -0.122. The molecule has 20 heavy (non-hydrogen) atoms. The van der Waals surface area contributed by atoms with Crippen LogP contribution in [0.25, 0.3) is 0 Å². The van der Waals surface area contributed by atoms with E-state index < -0.39 is 0 Å². The van der Waals surface area contributed by atoms with Crippen LogP contribution in [0.4, 0.5) is 11.6 Å². The van der Waals surface area contributed by atoms with Crippen molar-refractivity contribution in [3.63, 3.8) is 0 Å². The van der Waals surface area contributed by atoms with Crippen molar-refractivity contribution in [1.29, 1.82) is 0 Å². The number of hydrogen-bond acceptors (Lipinski definition) is 5. The Balaban J connectivity index is 2.27. The van der Waals surface area contributed by atoms with E-state index >= 15 is 0 Å². The maximum Gasteiger partial charge on any atom is 0.222 e. The molecule has 0 spiro atoms. The summed E-state index contributed by atoms with van der Waals surface area (Å²) in [6.07, 6.45) is 4.28. The van der Waals surface area contributed by atoms with Crippen LogP contribution in [0, 0.1) is 5.92 Å². The van der Waals surface area contributed by atoms with Crippen molar-refractivity contribution in [2.75, 3.05) is 29.9 Å². The summed E-state index contributed by atoms with van der Waals surface area (Å²) in [6.45, 7) is 6.54. The zero-order chi connectivity index (χ0) is 14.5. The summed E-state index contributed by atoms with van der Waals surface area (Å²) in [5.41, 5.74) is 6.56. The minimum atomic E-state index is -0.214. The third-order valence-electron chi connectivity index (χ3n) is 3.74. The first-order chi connectivity index (χ1) is 9.67. The summed E-state index contributed by atoms with van der Waals surface area (Å²) in [4.78, 5) is 22.3. The van der Waals surface area contributed by atoms with Crippen LogP contribution in [0.3, 0.4) is 0 Å². The molecule has 1 unspecified atom stereocenters. The van der Waals surface area contributed by atoms with Crippen molar-refractivity contribution in [2.45, 2.75) is 33.1 Å². The van der Waals surface area contributed by atoms with E-state index in [0.717, 1.165) is 49.6 Å². The van der Waals surface area contributed by atoms with E-state index in [1.807, 2.05) is 6.92 Å². The average Bonchev–Trinajstić information content (AvgIpc) is 2.47. The number of carbonyl (C=O) groups excluding carboxylic acids is 1. The molecule has 2 rings (SSSR count). The quantitative estimate of drug-likeness (QED) is 0.844. The molecule has 2 heterocycles. The molecule has 1 fully saturated rings. The maximum atomic E-state index is 11.4. The fourth-order valence-corrected chi connectivity index (χ4v) is 2.72. The van der Waals surface area contributed by atoms with E-state index in [2.05, 4.69) is 27.1 Å². The topological polar surface area (TPSA) is 84.1 Å². The Morgan fingerprint density at radius 2 is 2.30 bits per heavy atom. The summed E-state index contributed by atoms with van der Waals surface area (Å²) >= 11 is 0. The highest BCUT2D eigenvalue weighted by atomic mass is 16.1. The Kier molecular flexibility index (Phi) is 4.76. The Bertz CT molecular complexity index is 477. The Labute approximate surface area is 119 Å². The van der Waals surface area contributed by atoms with E-state index in [9.17, 15) is 4.79 Å². The third kappa shape index (κ3) is 3.00. The first-order valence-electron chi connectivity index (χ1n) is 7.29. The molecule has 110 valence electrons. The zero-order valence-electron chi connectivity index (χ0n) is 12.2. The number of nitrogens with two attached hydrogens (primary N) is 1. The summed E-state index contributed by atoms with van der Waals surface area (Å²) in [7, 11) is 0. The smallest absolute Gasteiger partial charge is 0.222 e. The van der Waals surface area contributed by atoms with Gasteiger partial charge in [-0.2, -0.15) is 0 Å². The van der Waals surface area contributed by atoms with Crippen LogP contribution in [0.15, 0.2) is 6.33 Å². The van der Waals surface area contributed by atoms with Gasteiger partial charge >= 0.3 is 0 Å². The van der Waals surface area contributed by atoms with Gasteiger partial charge in [-0.3, -0.25) is 4.79 Å². The fraction of sp³-hybridized carbons (Fsp3) is 0.643. The van der Waals surface area contributed by atoms with E-state index in [1.54, 1.807) is 6.33 Å². The molecule has 6 nitrogen and oxygen atoms in total. The van der Waals surface area contributed by atoms with E-state index in [4.69, 9.17) is 5.73 Å². The Morgan fingerprint density at radius 1 is 1.50 bits per heavy atom. The lowest BCUT2D eigenvalue weighted by Gasteiger charge is -2.33. The van der Waals surface area contributed by atoms with Crippen LogP contribution < -0.4 is 16.0 Å². The zero-order valence-corrected chi connectivity index (χ0v) is 12.2. The highest BCUT2D eigenvalue weighted by Gasteiger charge is 2.26. The third-order valence-corrected chi connectivity index (χ3v) is 3.74. The number of hydrogen-bond donors (Lipinski definition) is 2. The van der Waals surface area contributed by atoms with Gasteiger partial charge < -0.3 is 16.0 Å². The molecular weight excluding hydrogens is 254 g/mol. The Morgan fingerprint density at radius 3 is 2.95 bits per heavy atom. The lowest BCUT2D eigenvalue weighted by Crippen LogP contribution is -2.42. The molecule has 1 aromatic rings. The van der Waals surface area contributed by atoms with Gasteiger partial charge in [-0.15, -0.1) is 0 Å². The number of nitrogens with zero attached hydrogens (tertiary/aromatic N) is 3. The number of primary amides is 1. The van der Waals surface area contributed by atoms with Crippen molar-refractivity contribution < 1.29 is 4.79 Å². The average molecular weight is 277 g/mol. The fourth-order valence-electron chi connectivity index (χ4n) is 2.72. The molecule has 0 aromatic carbocycles. The number of rotatable bonds is 5. The van der Waals surface area contributed by atoms with Crippen LogP contribution in [-0.2, 0) is 11.2 Å². The molecule has 0 saturated carbocycles. The second-order valence-electron chi connectivity index (χ2n) is 5.10. The second kappa shape index (κ2) is 6.54. The molecule has 1 amide bonds. The van der Waals surface area contributed by atoms with E-state index in [0.29, 0.717) is 6.54 Å². The molecule has 1 saturated heterocycles. The van der Waals surface area contributed by atoms with Gasteiger partial charge in [0.15, 0.2) is 0 Å². The van der Waals surface area contributed by atoms with Gasteiger partial charge in [0.1, 0.15) is 18.0 Å². The van der Waals surface area contributed by atoms with E-state index in [-0.39, 0.29) is 11.8 Å². The van der Waals surface area contributed by atoms with Gasteiger partial charge in [0.2, 0.25) is 5.91 Å². The number of carbonyl (C=O) groups is 1. The van der Waals surface area contributed by atoms with Gasteiger partial charge in [-0.05, 0) is 26.2 Å². The molecule has 1 aliphatic rings. The standard InChI is InChI=1S/C14H23N5O/c1-3-11-13(16-4-2)17-9-18-14(11)19-7-5-6-10(8-19)12(15)20/h9-10H,3-8H2,1-2H3,(H2,15,20)(H,16,17,18). The highest BCUT2D eigenvalue weighted by molar-refractivity contribution is 5.77. The molecular formula is C14H23N5O. The lowest BCUT2D eigenvalue weighted by atomic mass is 9.97. The first kappa shape index (κ1) is 14.6. The number of aromatic nitrogens is 2. The van der Waals surface area contributed by atoms with Crippen molar-refractivity contribution in [3.8, 4) is 0 Å². The largest absolute Gasteiger partial charge is 0.370 e.